The van der Waals surface area contributed by atoms with Gasteiger partial charge in [0.05, 0.1) is 12.6 Å². The standard InChI is InChI=1S/C11H13ClN2S/c1-7-3-4-8(12)5-9(7)10-6-13-11(14-10)15-2/h3-5,10H,6H2,1-2H3,(H,13,14). The number of amidine groups is 1. The van der Waals surface area contributed by atoms with E-state index in [0.29, 0.717) is 0 Å². The monoisotopic (exact) mass is 240 g/mol. The van der Waals surface area contributed by atoms with E-state index in [1.807, 2.05) is 18.4 Å². The summed E-state index contributed by atoms with van der Waals surface area (Å²) in [5.74, 6) is 0. The van der Waals surface area contributed by atoms with Gasteiger partial charge in [0.2, 0.25) is 0 Å². The van der Waals surface area contributed by atoms with Crippen molar-refractivity contribution >= 4 is 28.5 Å². The summed E-state index contributed by atoms with van der Waals surface area (Å²) in [6, 6.07) is 6.28. The lowest BCUT2D eigenvalue weighted by atomic mass is 10.0. The van der Waals surface area contributed by atoms with Crippen molar-refractivity contribution in [1.29, 1.82) is 0 Å². The van der Waals surface area contributed by atoms with Crippen LogP contribution in [0.3, 0.4) is 0 Å². The van der Waals surface area contributed by atoms with E-state index in [4.69, 9.17) is 11.6 Å². The molecule has 1 aromatic carbocycles. The number of aliphatic imine (C=N–C) groups is 1. The molecule has 1 N–H and O–H groups in total. The van der Waals surface area contributed by atoms with Gasteiger partial charge in [-0.3, -0.25) is 4.99 Å². The Morgan fingerprint density at radius 1 is 1.53 bits per heavy atom. The second-order valence-corrected chi connectivity index (χ2v) is 4.78. The van der Waals surface area contributed by atoms with Gasteiger partial charge in [0.15, 0.2) is 5.17 Å². The van der Waals surface area contributed by atoms with Crippen LogP contribution < -0.4 is 5.32 Å². The largest absolute Gasteiger partial charge is 0.356 e. The maximum absolute atomic E-state index is 6.00. The summed E-state index contributed by atoms with van der Waals surface area (Å²) in [4.78, 5) is 4.41. The number of thioether (sulfide) groups is 1. The van der Waals surface area contributed by atoms with Crippen molar-refractivity contribution in [2.45, 2.75) is 13.0 Å². The molecular weight excluding hydrogens is 228 g/mol. The van der Waals surface area contributed by atoms with E-state index < -0.39 is 0 Å². The Hall–Kier alpha value is -0.670. The SMILES string of the molecule is CSC1=NCC(c2cc(Cl)ccc2C)N1. The Bertz CT molecular complexity index is 404. The van der Waals surface area contributed by atoms with Crippen molar-refractivity contribution in [3.05, 3.63) is 34.3 Å². The lowest BCUT2D eigenvalue weighted by molar-refractivity contribution is 0.707. The third kappa shape index (κ3) is 2.29. The molecule has 4 heteroatoms. The van der Waals surface area contributed by atoms with Gasteiger partial charge >= 0.3 is 0 Å². The Morgan fingerprint density at radius 2 is 2.33 bits per heavy atom. The fourth-order valence-corrected chi connectivity index (χ4v) is 2.35. The summed E-state index contributed by atoms with van der Waals surface area (Å²) < 4.78 is 0. The molecule has 0 amide bonds. The highest BCUT2D eigenvalue weighted by molar-refractivity contribution is 8.13. The topological polar surface area (TPSA) is 24.4 Å². The molecule has 0 radical (unpaired) electrons. The molecule has 1 unspecified atom stereocenters. The molecule has 1 aliphatic rings. The average molecular weight is 241 g/mol. The molecule has 15 heavy (non-hydrogen) atoms. The molecule has 0 saturated heterocycles. The quantitative estimate of drug-likeness (QED) is 0.816. The van der Waals surface area contributed by atoms with Crippen LogP contribution in [0, 0.1) is 6.92 Å². The number of benzene rings is 1. The number of hydrogen-bond acceptors (Lipinski definition) is 3. The summed E-state index contributed by atoms with van der Waals surface area (Å²) in [6.45, 7) is 2.90. The zero-order valence-electron chi connectivity index (χ0n) is 8.75. The highest BCUT2D eigenvalue weighted by Crippen LogP contribution is 2.25. The van der Waals surface area contributed by atoms with Crippen molar-refractivity contribution in [3.8, 4) is 0 Å². The molecule has 2 nitrogen and oxygen atoms in total. The third-order valence-electron chi connectivity index (χ3n) is 2.53. The molecule has 0 fully saturated rings. The first kappa shape index (κ1) is 10.8. The third-order valence-corrected chi connectivity index (χ3v) is 3.39. The van der Waals surface area contributed by atoms with Crippen LogP contribution >= 0.6 is 23.4 Å². The summed E-state index contributed by atoms with van der Waals surface area (Å²) in [5.41, 5.74) is 2.50. The van der Waals surface area contributed by atoms with Gasteiger partial charge in [0, 0.05) is 5.02 Å². The number of hydrogen-bond donors (Lipinski definition) is 1. The normalized spacial score (nSPS) is 19.9. The fraction of sp³-hybridized carbons (Fsp3) is 0.364. The Labute approximate surface area is 99.1 Å². The molecule has 1 heterocycles. The number of halogens is 1. The molecule has 0 aromatic heterocycles. The smallest absolute Gasteiger partial charge is 0.156 e. The van der Waals surface area contributed by atoms with E-state index in [1.165, 1.54) is 11.1 Å². The molecule has 1 aliphatic heterocycles. The lowest BCUT2D eigenvalue weighted by Crippen LogP contribution is -2.21. The van der Waals surface area contributed by atoms with E-state index in [-0.39, 0.29) is 6.04 Å². The minimum absolute atomic E-state index is 0.283. The number of nitrogens with one attached hydrogen (secondary N) is 1. The number of rotatable bonds is 1. The van der Waals surface area contributed by atoms with E-state index >= 15 is 0 Å². The van der Waals surface area contributed by atoms with Crippen LogP contribution in [-0.2, 0) is 0 Å². The summed E-state index contributed by atoms with van der Waals surface area (Å²) in [6.07, 6.45) is 2.03. The average Bonchev–Trinajstić information content (AvgIpc) is 2.70. The Morgan fingerprint density at radius 3 is 3.00 bits per heavy atom. The van der Waals surface area contributed by atoms with Crippen molar-refractivity contribution in [1.82, 2.24) is 5.32 Å². The molecule has 0 saturated carbocycles. The molecular formula is C11H13ClN2S. The zero-order chi connectivity index (χ0) is 10.8. The second kappa shape index (κ2) is 4.45. The highest BCUT2D eigenvalue weighted by atomic mass is 35.5. The van der Waals surface area contributed by atoms with E-state index in [1.54, 1.807) is 11.8 Å². The van der Waals surface area contributed by atoms with Crippen LogP contribution in [0.15, 0.2) is 23.2 Å². The summed E-state index contributed by atoms with van der Waals surface area (Å²) in [7, 11) is 0. The van der Waals surface area contributed by atoms with Gasteiger partial charge < -0.3 is 5.32 Å². The lowest BCUT2D eigenvalue weighted by Gasteiger charge is -2.14. The van der Waals surface area contributed by atoms with Crippen LogP contribution in [0.1, 0.15) is 17.2 Å². The highest BCUT2D eigenvalue weighted by Gasteiger charge is 2.20. The zero-order valence-corrected chi connectivity index (χ0v) is 10.3. The number of nitrogens with zero attached hydrogens (tertiary/aromatic N) is 1. The van der Waals surface area contributed by atoms with Gasteiger partial charge in [-0.2, -0.15) is 0 Å². The summed E-state index contributed by atoms with van der Waals surface area (Å²) >= 11 is 7.64. The molecule has 0 spiro atoms. The van der Waals surface area contributed by atoms with Gasteiger partial charge in [-0.1, -0.05) is 29.4 Å². The minimum atomic E-state index is 0.283. The first-order valence-electron chi connectivity index (χ1n) is 4.81. The van der Waals surface area contributed by atoms with Crippen LogP contribution in [0.2, 0.25) is 5.02 Å². The first-order chi connectivity index (χ1) is 7.20. The Balaban J connectivity index is 2.21. The molecule has 0 bridgehead atoms. The van der Waals surface area contributed by atoms with E-state index in [9.17, 15) is 0 Å². The first-order valence-corrected chi connectivity index (χ1v) is 6.42. The Kier molecular flexibility index (Phi) is 3.22. The van der Waals surface area contributed by atoms with E-state index in [0.717, 1.165) is 16.7 Å². The molecule has 1 aromatic rings. The minimum Gasteiger partial charge on any atom is -0.356 e. The van der Waals surface area contributed by atoms with Crippen molar-refractivity contribution in [2.75, 3.05) is 12.8 Å². The van der Waals surface area contributed by atoms with Crippen LogP contribution in [0.25, 0.3) is 0 Å². The fourth-order valence-electron chi connectivity index (χ4n) is 1.70. The van der Waals surface area contributed by atoms with Gasteiger partial charge in [-0.05, 0) is 36.4 Å². The van der Waals surface area contributed by atoms with Crippen LogP contribution in [0.5, 0.6) is 0 Å². The maximum atomic E-state index is 6.00. The molecule has 2 rings (SSSR count). The molecule has 80 valence electrons. The predicted molar refractivity (Wildman–Crippen MR) is 67.9 cm³/mol. The van der Waals surface area contributed by atoms with Crippen molar-refractivity contribution < 1.29 is 0 Å². The maximum Gasteiger partial charge on any atom is 0.156 e. The van der Waals surface area contributed by atoms with Gasteiger partial charge in [-0.15, -0.1) is 0 Å². The summed E-state index contributed by atoms with van der Waals surface area (Å²) in [5, 5.41) is 5.18. The van der Waals surface area contributed by atoms with Gasteiger partial charge in [0.1, 0.15) is 0 Å². The van der Waals surface area contributed by atoms with Crippen LogP contribution in [0.4, 0.5) is 0 Å². The predicted octanol–water partition coefficient (Wildman–Crippen LogP) is 3.01. The van der Waals surface area contributed by atoms with Crippen molar-refractivity contribution in [2.24, 2.45) is 4.99 Å². The van der Waals surface area contributed by atoms with Gasteiger partial charge in [-0.25, -0.2) is 0 Å². The van der Waals surface area contributed by atoms with Crippen LogP contribution in [-0.4, -0.2) is 18.0 Å². The molecule has 1 atom stereocenters. The van der Waals surface area contributed by atoms with E-state index in [2.05, 4.69) is 23.3 Å². The van der Waals surface area contributed by atoms with Crippen molar-refractivity contribution in [3.63, 3.8) is 0 Å². The van der Waals surface area contributed by atoms with Gasteiger partial charge in [0.25, 0.3) is 0 Å². The second-order valence-electron chi connectivity index (χ2n) is 3.55. The number of aryl methyl sites for hydroxylation is 1. The molecule has 0 aliphatic carbocycles.